The van der Waals surface area contributed by atoms with Gasteiger partial charge in [0.15, 0.2) is 0 Å². The van der Waals surface area contributed by atoms with Crippen LogP contribution >= 0.6 is 0 Å². The molecule has 1 unspecified atom stereocenters. The fourth-order valence-corrected chi connectivity index (χ4v) is 2.99. The quantitative estimate of drug-likeness (QED) is 0.937. The Morgan fingerprint density at radius 1 is 1.43 bits per heavy atom. The van der Waals surface area contributed by atoms with E-state index in [0.29, 0.717) is 12.6 Å². The summed E-state index contributed by atoms with van der Waals surface area (Å²) in [5, 5.41) is 10.1. The second-order valence-corrected chi connectivity index (χ2v) is 5.91. The molecule has 0 amide bonds. The molecule has 4 nitrogen and oxygen atoms in total. The van der Waals surface area contributed by atoms with Crippen molar-refractivity contribution >= 4 is 0 Å². The third kappa shape index (κ3) is 2.81. The van der Waals surface area contributed by atoms with Crippen molar-refractivity contribution in [2.45, 2.75) is 51.9 Å². The minimum atomic E-state index is -0.349. The summed E-state index contributed by atoms with van der Waals surface area (Å²) >= 11 is 0. The van der Waals surface area contributed by atoms with Crippen LogP contribution in [-0.2, 0) is 13.0 Å². The lowest BCUT2D eigenvalue weighted by molar-refractivity contribution is 0.155. The predicted molar refractivity (Wildman–Crippen MR) is 81.3 cm³/mol. The first-order valence-electron chi connectivity index (χ1n) is 7.60. The average molecular weight is 286 g/mol. The number of ether oxygens (including phenoxy) is 1. The minimum absolute atomic E-state index is 0.349. The maximum Gasteiger partial charge on any atom is 0.130 e. The second-order valence-electron chi connectivity index (χ2n) is 5.91. The summed E-state index contributed by atoms with van der Waals surface area (Å²) in [5.74, 6) is 0.891. The molecule has 1 aliphatic carbocycles. The van der Waals surface area contributed by atoms with E-state index < -0.39 is 0 Å². The van der Waals surface area contributed by atoms with Crippen LogP contribution in [0.1, 0.15) is 55.7 Å². The summed E-state index contributed by atoms with van der Waals surface area (Å²) < 4.78 is 8.13. The van der Waals surface area contributed by atoms with Gasteiger partial charge in [0, 0.05) is 6.04 Å². The topological polar surface area (TPSA) is 47.3 Å². The van der Waals surface area contributed by atoms with E-state index in [1.165, 1.54) is 0 Å². The molecule has 3 rings (SSSR count). The van der Waals surface area contributed by atoms with Crippen LogP contribution in [-0.4, -0.2) is 14.7 Å². The molecule has 1 aliphatic rings. The molecule has 1 atom stereocenters. The Bertz CT molecular complexity index is 619. The second kappa shape index (κ2) is 5.90. The molecule has 0 saturated heterocycles. The number of benzene rings is 1. The molecular formula is C17H22N2O2. The van der Waals surface area contributed by atoms with Crippen molar-refractivity contribution in [1.29, 1.82) is 0 Å². The summed E-state index contributed by atoms with van der Waals surface area (Å²) in [6, 6.07) is 6.33. The van der Waals surface area contributed by atoms with Gasteiger partial charge < -0.3 is 14.4 Å². The number of hydrogen-bond donors (Lipinski definition) is 1. The SMILES string of the molecule is CC(C)n1cncc1COc1cccc2c1CCCC2O. The van der Waals surface area contributed by atoms with E-state index in [1.807, 2.05) is 30.7 Å². The molecule has 21 heavy (non-hydrogen) atoms. The first kappa shape index (κ1) is 14.1. The molecule has 0 saturated carbocycles. The lowest BCUT2D eigenvalue weighted by Gasteiger charge is -2.23. The van der Waals surface area contributed by atoms with Gasteiger partial charge in [-0.25, -0.2) is 4.98 Å². The van der Waals surface area contributed by atoms with E-state index in [1.54, 1.807) is 0 Å². The number of aliphatic hydroxyl groups is 1. The van der Waals surface area contributed by atoms with Gasteiger partial charge >= 0.3 is 0 Å². The van der Waals surface area contributed by atoms with Gasteiger partial charge in [-0.3, -0.25) is 0 Å². The van der Waals surface area contributed by atoms with Crippen LogP contribution in [0.25, 0.3) is 0 Å². The third-order valence-corrected chi connectivity index (χ3v) is 4.11. The smallest absolute Gasteiger partial charge is 0.130 e. The lowest BCUT2D eigenvalue weighted by atomic mass is 9.89. The Labute approximate surface area is 125 Å². The van der Waals surface area contributed by atoms with Crippen LogP contribution in [0.3, 0.4) is 0 Å². The van der Waals surface area contributed by atoms with Gasteiger partial charge in [-0.2, -0.15) is 0 Å². The zero-order valence-electron chi connectivity index (χ0n) is 12.6. The fraction of sp³-hybridized carbons (Fsp3) is 0.471. The molecular weight excluding hydrogens is 264 g/mol. The van der Waals surface area contributed by atoms with E-state index in [4.69, 9.17) is 4.74 Å². The standard InChI is InChI=1S/C17H22N2O2/c1-12(2)19-11-18-9-13(19)10-21-17-8-4-5-14-15(17)6-3-7-16(14)20/h4-5,8-9,11-12,16,20H,3,6-7,10H2,1-2H3. The van der Waals surface area contributed by atoms with Crippen molar-refractivity contribution in [3.63, 3.8) is 0 Å². The maximum atomic E-state index is 10.1. The van der Waals surface area contributed by atoms with Gasteiger partial charge in [-0.1, -0.05) is 12.1 Å². The highest BCUT2D eigenvalue weighted by Crippen LogP contribution is 2.35. The highest BCUT2D eigenvalue weighted by atomic mass is 16.5. The first-order valence-corrected chi connectivity index (χ1v) is 7.60. The molecule has 4 heteroatoms. The number of aromatic nitrogens is 2. The molecule has 2 aromatic rings. The predicted octanol–water partition coefficient (Wildman–Crippen LogP) is 3.41. The Hall–Kier alpha value is -1.81. The van der Waals surface area contributed by atoms with Crippen molar-refractivity contribution < 1.29 is 9.84 Å². The number of hydrogen-bond acceptors (Lipinski definition) is 3. The molecule has 0 bridgehead atoms. The minimum Gasteiger partial charge on any atom is -0.487 e. The normalized spacial score (nSPS) is 17.8. The van der Waals surface area contributed by atoms with Crippen LogP contribution in [0.5, 0.6) is 5.75 Å². The van der Waals surface area contributed by atoms with E-state index in [-0.39, 0.29) is 6.10 Å². The van der Waals surface area contributed by atoms with Gasteiger partial charge in [0.05, 0.1) is 24.3 Å². The Morgan fingerprint density at radius 3 is 3.10 bits per heavy atom. The zero-order chi connectivity index (χ0) is 14.8. The van der Waals surface area contributed by atoms with E-state index in [9.17, 15) is 5.11 Å². The lowest BCUT2D eigenvalue weighted by Crippen LogP contribution is -2.12. The van der Waals surface area contributed by atoms with E-state index in [2.05, 4.69) is 23.4 Å². The molecule has 112 valence electrons. The van der Waals surface area contributed by atoms with Crippen molar-refractivity contribution in [2.24, 2.45) is 0 Å². The third-order valence-electron chi connectivity index (χ3n) is 4.11. The van der Waals surface area contributed by atoms with Crippen LogP contribution in [0.15, 0.2) is 30.7 Å². The Kier molecular flexibility index (Phi) is 3.97. The van der Waals surface area contributed by atoms with Crippen molar-refractivity contribution in [2.75, 3.05) is 0 Å². The largest absolute Gasteiger partial charge is 0.487 e. The Balaban J connectivity index is 1.80. The van der Waals surface area contributed by atoms with Crippen LogP contribution in [0.2, 0.25) is 0 Å². The zero-order valence-corrected chi connectivity index (χ0v) is 12.6. The molecule has 1 heterocycles. The van der Waals surface area contributed by atoms with Crippen molar-refractivity contribution in [1.82, 2.24) is 9.55 Å². The highest BCUT2D eigenvalue weighted by molar-refractivity contribution is 5.42. The van der Waals surface area contributed by atoms with Gasteiger partial charge in [0.1, 0.15) is 12.4 Å². The number of fused-ring (bicyclic) bond motifs is 1. The molecule has 0 fully saturated rings. The highest BCUT2D eigenvalue weighted by Gasteiger charge is 2.21. The van der Waals surface area contributed by atoms with Crippen LogP contribution in [0.4, 0.5) is 0 Å². The summed E-state index contributed by atoms with van der Waals surface area (Å²) in [7, 11) is 0. The monoisotopic (exact) mass is 286 g/mol. The van der Waals surface area contributed by atoms with Gasteiger partial charge in [-0.05, 0) is 50.3 Å². The van der Waals surface area contributed by atoms with Gasteiger partial charge in [0.25, 0.3) is 0 Å². The average Bonchev–Trinajstić information content (AvgIpc) is 2.94. The Morgan fingerprint density at radius 2 is 2.29 bits per heavy atom. The van der Waals surface area contributed by atoms with Crippen molar-refractivity contribution in [3.05, 3.63) is 47.5 Å². The first-order chi connectivity index (χ1) is 10.2. The molecule has 0 spiro atoms. The maximum absolute atomic E-state index is 10.1. The molecule has 1 aromatic carbocycles. The van der Waals surface area contributed by atoms with E-state index in [0.717, 1.165) is 41.8 Å². The van der Waals surface area contributed by atoms with Gasteiger partial charge in [-0.15, -0.1) is 0 Å². The van der Waals surface area contributed by atoms with Crippen LogP contribution in [0, 0.1) is 0 Å². The summed E-state index contributed by atoms with van der Waals surface area (Å²) in [6.07, 6.45) is 6.18. The number of aliphatic hydroxyl groups excluding tert-OH is 1. The van der Waals surface area contributed by atoms with Crippen molar-refractivity contribution in [3.8, 4) is 5.75 Å². The summed E-state index contributed by atoms with van der Waals surface area (Å²) in [5.41, 5.74) is 3.25. The molecule has 1 aromatic heterocycles. The molecule has 0 radical (unpaired) electrons. The number of imidazole rings is 1. The summed E-state index contributed by atoms with van der Waals surface area (Å²) in [6.45, 7) is 4.77. The molecule has 1 N–H and O–H groups in total. The number of rotatable bonds is 4. The van der Waals surface area contributed by atoms with Crippen LogP contribution < -0.4 is 4.74 Å². The fourth-order valence-electron chi connectivity index (χ4n) is 2.99. The van der Waals surface area contributed by atoms with Gasteiger partial charge in [0.2, 0.25) is 0 Å². The molecule has 0 aliphatic heterocycles. The number of nitrogens with zero attached hydrogens (tertiary/aromatic N) is 2. The summed E-state index contributed by atoms with van der Waals surface area (Å²) in [4.78, 5) is 4.20. The van der Waals surface area contributed by atoms with E-state index >= 15 is 0 Å².